The molecule has 0 radical (unpaired) electrons. The highest BCUT2D eigenvalue weighted by Crippen LogP contribution is 2.05. The van der Waals surface area contributed by atoms with Crippen LogP contribution in [0.2, 0.25) is 0 Å². The van der Waals surface area contributed by atoms with E-state index in [1.807, 2.05) is 0 Å². The second-order valence-electron chi connectivity index (χ2n) is 3.84. The van der Waals surface area contributed by atoms with Crippen molar-refractivity contribution in [2.75, 3.05) is 6.61 Å². The Bertz CT molecular complexity index is 118. The molecule has 0 saturated heterocycles. The second-order valence-corrected chi connectivity index (χ2v) is 3.84. The van der Waals surface area contributed by atoms with Crippen LogP contribution in [0.25, 0.3) is 0 Å². The van der Waals surface area contributed by atoms with Gasteiger partial charge < -0.3 is 15.6 Å². The molecule has 3 heteroatoms. The van der Waals surface area contributed by atoms with E-state index in [4.69, 9.17) is 15.6 Å². The molecule has 0 heterocycles. The SMILES string of the molecule is CCCCCCCCOC(N)C(C)O. The molecule has 0 saturated carbocycles. The van der Waals surface area contributed by atoms with E-state index in [0.717, 1.165) is 6.42 Å². The molecule has 0 spiro atoms. The summed E-state index contributed by atoms with van der Waals surface area (Å²) in [6.45, 7) is 4.52. The summed E-state index contributed by atoms with van der Waals surface area (Å²) in [5.74, 6) is 0. The van der Waals surface area contributed by atoms with Crippen LogP contribution in [-0.4, -0.2) is 24.0 Å². The molecule has 0 aliphatic rings. The zero-order chi connectivity index (χ0) is 10.8. The largest absolute Gasteiger partial charge is 0.389 e. The summed E-state index contributed by atoms with van der Waals surface area (Å²) in [6.07, 6.45) is 6.36. The predicted molar refractivity (Wildman–Crippen MR) is 59.0 cm³/mol. The maximum atomic E-state index is 9.04. The van der Waals surface area contributed by atoms with Gasteiger partial charge in [-0.2, -0.15) is 0 Å². The minimum absolute atomic E-state index is 0.523. The monoisotopic (exact) mass is 203 g/mol. The van der Waals surface area contributed by atoms with Crippen molar-refractivity contribution >= 4 is 0 Å². The van der Waals surface area contributed by atoms with Crippen LogP contribution in [0.15, 0.2) is 0 Å². The Morgan fingerprint density at radius 3 is 2.29 bits per heavy atom. The van der Waals surface area contributed by atoms with E-state index in [1.165, 1.54) is 32.1 Å². The molecule has 0 aromatic rings. The second kappa shape index (κ2) is 9.44. The van der Waals surface area contributed by atoms with E-state index in [1.54, 1.807) is 6.92 Å². The molecule has 0 aromatic heterocycles. The normalized spacial score (nSPS) is 15.4. The van der Waals surface area contributed by atoms with Crippen LogP contribution >= 0.6 is 0 Å². The average Bonchev–Trinajstić information content (AvgIpc) is 2.16. The molecule has 0 rings (SSSR count). The standard InChI is InChI=1S/C11H25NO2/c1-3-4-5-6-7-8-9-14-11(12)10(2)13/h10-11,13H,3-9,12H2,1-2H3. The summed E-state index contributed by atoms with van der Waals surface area (Å²) >= 11 is 0. The summed E-state index contributed by atoms with van der Waals surface area (Å²) in [5, 5.41) is 9.04. The minimum Gasteiger partial charge on any atom is -0.389 e. The first-order valence-corrected chi connectivity index (χ1v) is 5.73. The third-order valence-corrected chi connectivity index (χ3v) is 2.28. The zero-order valence-electron chi connectivity index (χ0n) is 9.54. The van der Waals surface area contributed by atoms with Crippen molar-refractivity contribution in [3.8, 4) is 0 Å². The lowest BCUT2D eigenvalue weighted by Gasteiger charge is -2.15. The molecule has 2 atom stereocenters. The summed E-state index contributed by atoms with van der Waals surface area (Å²) in [6, 6.07) is 0. The van der Waals surface area contributed by atoms with Crippen molar-refractivity contribution in [2.24, 2.45) is 5.73 Å². The Labute approximate surface area is 87.6 Å². The molecular weight excluding hydrogens is 178 g/mol. The zero-order valence-corrected chi connectivity index (χ0v) is 9.54. The Kier molecular flexibility index (Phi) is 9.35. The van der Waals surface area contributed by atoms with Gasteiger partial charge in [0.2, 0.25) is 0 Å². The van der Waals surface area contributed by atoms with Crippen LogP contribution in [-0.2, 0) is 4.74 Å². The number of aliphatic hydroxyl groups excluding tert-OH is 1. The fourth-order valence-corrected chi connectivity index (χ4v) is 1.24. The summed E-state index contributed by atoms with van der Waals surface area (Å²) < 4.78 is 5.24. The van der Waals surface area contributed by atoms with Crippen LogP contribution in [0.5, 0.6) is 0 Å². The van der Waals surface area contributed by atoms with Crippen LogP contribution in [0.3, 0.4) is 0 Å². The molecule has 0 aliphatic heterocycles. The van der Waals surface area contributed by atoms with Crippen LogP contribution in [0.4, 0.5) is 0 Å². The van der Waals surface area contributed by atoms with E-state index < -0.39 is 12.3 Å². The van der Waals surface area contributed by atoms with Crippen LogP contribution in [0.1, 0.15) is 52.4 Å². The average molecular weight is 203 g/mol. The molecular formula is C11H25NO2. The molecule has 0 aliphatic carbocycles. The van der Waals surface area contributed by atoms with E-state index in [9.17, 15) is 0 Å². The van der Waals surface area contributed by atoms with Gasteiger partial charge in [0.05, 0.1) is 6.10 Å². The molecule has 86 valence electrons. The van der Waals surface area contributed by atoms with Gasteiger partial charge in [-0.3, -0.25) is 0 Å². The Hall–Kier alpha value is -0.120. The first-order chi connectivity index (χ1) is 6.68. The van der Waals surface area contributed by atoms with Gasteiger partial charge in [0.1, 0.15) is 6.23 Å². The third kappa shape index (κ3) is 8.48. The molecule has 3 nitrogen and oxygen atoms in total. The molecule has 0 bridgehead atoms. The van der Waals surface area contributed by atoms with Crippen molar-refractivity contribution in [1.82, 2.24) is 0 Å². The van der Waals surface area contributed by atoms with E-state index in [2.05, 4.69) is 6.92 Å². The highest BCUT2D eigenvalue weighted by molar-refractivity contribution is 4.54. The first-order valence-electron chi connectivity index (χ1n) is 5.73. The number of nitrogens with two attached hydrogens (primary N) is 1. The number of hydrogen-bond donors (Lipinski definition) is 2. The van der Waals surface area contributed by atoms with Crippen molar-refractivity contribution in [2.45, 2.75) is 64.7 Å². The van der Waals surface area contributed by atoms with Gasteiger partial charge >= 0.3 is 0 Å². The fourth-order valence-electron chi connectivity index (χ4n) is 1.24. The Morgan fingerprint density at radius 2 is 1.71 bits per heavy atom. The van der Waals surface area contributed by atoms with Crippen LogP contribution < -0.4 is 5.73 Å². The highest BCUT2D eigenvalue weighted by atomic mass is 16.5. The van der Waals surface area contributed by atoms with Gasteiger partial charge in [-0.25, -0.2) is 0 Å². The van der Waals surface area contributed by atoms with Crippen molar-refractivity contribution in [3.63, 3.8) is 0 Å². The van der Waals surface area contributed by atoms with Gasteiger partial charge in [0, 0.05) is 6.61 Å². The molecule has 0 aromatic carbocycles. The lowest BCUT2D eigenvalue weighted by atomic mass is 10.1. The van der Waals surface area contributed by atoms with Gasteiger partial charge in [0.15, 0.2) is 0 Å². The van der Waals surface area contributed by atoms with Crippen molar-refractivity contribution < 1.29 is 9.84 Å². The third-order valence-electron chi connectivity index (χ3n) is 2.28. The van der Waals surface area contributed by atoms with Crippen molar-refractivity contribution in [3.05, 3.63) is 0 Å². The quantitative estimate of drug-likeness (QED) is 0.445. The molecule has 2 unspecified atom stereocenters. The summed E-state index contributed by atoms with van der Waals surface area (Å²) in [7, 11) is 0. The lowest BCUT2D eigenvalue weighted by molar-refractivity contribution is -0.0266. The molecule has 14 heavy (non-hydrogen) atoms. The van der Waals surface area contributed by atoms with E-state index in [0.29, 0.717) is 6.61 Å². The van der Waals surface area contributed by atoms with Crippen LogP contribution in [0, 0.1) is 0 Å². The Balaban J connectivity index is 3.06. The first kappa shape index (κ1) is 13.9. The number of aliphatic hydroxyl groups is 1. The maximum Gasteiger partial charge on any atom is 0.131 e. The highest BCUT2D eigenvalue weighted by Gasteiger charge is 2.07. The predicted octanol–water partition coefficient (Wildman–Crippen LogP) is 2.03. The molecule has 0 amide bonds. The molecule has 3 N–H and O–H groups in total. The number of ether oxygens (including phenoxy) is 1. The summed E-state index contributed by atoms with van der Waals surface area (Å²) in [4.78, 5) is 0. The van der Waals surface area contributed by atoms with E-state index >= 15 is 0 Å². The number of hydrogen-bond acceptors (Lipinski definition) is 3. The number of rotatable bonds is 9. The maximum absolute atomic E-state index is 9.04. The number of unbranched alkanes of at least 4 members (excludes halogenated alkanes) is 5. The molecule has 0 fully saturated rings. The van der Waals surface area contributed by atoms with Gasteiger partial charge in [-0.15, -0.1) is 0 Å². The van der Waals surface area contributed by atoms with Gasteiger partial charge in [-0.1, -0.05) is 39.0 Å². The Morgan fingerprint density at radius 1 is 1.14 bits per heavy atom. The minimum atomic E-state index is -0.574. The topological polar surface area (TPSA) is 55.5 Å². The fraction of sp³-hybridized carbons (Fsp3) is 1.00. The van der Waals surface area contributed by atoms with Crippen molar-refractivity contribution in [1.29, 1.82) is 0 Å². The van der Waals surface area contributed by atoms with E-state index in [-0.39, 0.29) is 0 Å². The lowest BCUT2D eigenvalue weighted by Crippen LogP contribution is -2.35. The summed E-state index contributed by atoms with van der Waals surface area (Å²) in [5.41, 5.74) is 5.51. The van der Waals surface area contributed by atoms with Gasteiger partial charge in [-0.05, 0) is 13.3 Å². The van der Waals surface area contributed by atoms with Gasteiger partial charge in [0.25, 0.3) is 0 Å². The smallest absolute Gasteiger partial charge is 0.131 e.